The maximum Gasteiger partial charge on any atom is 0.164 e. The number of nitrogens with zero attached hydrogens (tertiary/aromatic N) is 11. The Morgan fingerprint density at radius 2 is 0.412 bits per heavy atom. The number of rotatable bonds is 12. The highest BCUT2D eigenvalue weighted by atomic mass is 15.1. The monoisotopic (exact) mass is 1520 g/mol. The molecule has 0 amide bonds. The molecule has 23 aromatic rings. The van der Waals surface area contributed by atoms with Gasteiger partial charge in [0.1, 0.15) is 0 Å². The molecule has 17 aromatic carbocycles. The molecule has 0 fully saturated rings. The van der Waals surface area contributed by atoms with Crippen molar-refractivity contribution in [2.75, 3.05) is 0 Å². The van der Waals surface area contributed by atoms with Crippen molar-refractivity contribution in [3.8, 4) is 119 Å². The smallest absolute Gasteiger partial charge is 0.164 e. The van der Waals surface area contributed by atoms with Gasteiger partial charge in [0, 0.05) is 105 Å². The van der Waals surface area contributed by atoms with E-state index < -0.39 is 0 Å². The Hall–Kier alpha value is -16.2. The van der Waals surface area contributed by atoms with Gasteiger partial charge in [0.05, 0.1) is 44.5 Å². The maximum atomic E-state index is 5.01. The van der Waals surface area contributed by atoms with Gasteiger partial charge in [-0.3, -0.25) is 0 Å². The molecule has 0 aliphatic carbocycles. The molecule has 0 bridgehead atoms. The van der Waals surface area contributed by atoms with Gasteiger partial charge in [-0.25, -0.2) is 39.9 Å². The lowest BCUT2D eigenvalue weighted by Crippen LogP contribution is -2.00. The average Bonchev–Trinajstić information content (AvgIpc) is 1.58. The van der Waals surface area contributed by atoms with E-state index in [0.29, 0.717) is 40.8 Å². The fraction of sp³-hybridized carbons (Fsp3) is 0. The van der Waals surface area contributed by atoms with Gasteiger partial charge in [0.2, 0.25) is 0 Å². The van der Waals surface area contributed by atoms with E-state index in [1.807, 2.05) is 158 Å². The van der Waals surface area contributed by atoms with Gasteiger partial charge < -0.3 is 13.7 Å². The summed E-state index contributed by atoms with van der Waals surface area (Å²) >= 11 is 0. The van der Waals surface area contributed by atoms with Crippen LogP contribution in [0, 0.1) is 0 Å². The zero-order valence-electron chi connectivity index (χ0n) is 64.4. The Morgan fingerprint density at radius 3 is 0.807 bits per heavy atom. The summed E-state index contributed by atoms with van der Waals surface area (Å²) in [6.07, 6.45) is 0. The predicted molar refractivity (Wildman–Crippen MR) is 489 cm³/mol. The summed E-state index contributed by atoms with van der Waals surface area (Å²) in [4.78, 5) is 39.2. The summed E-state index contributed by atoms with van der Waals surface area (Å²) in [5.74, 6) is 4.66. The van der Waals surface area contributed by atoms with Gasteiger partial charge in [-0.15, -0.1) is 0 Å². The van der Waals surface area contributed by atoms with Crippen molar-refractivity contribution in [3.63, 3.8) is 0 Å². The molecule has 0 N–H and O–H groups in total. The Morgan fingerprint density at radius 1 is 0.151 bits per heavy atom. The van der Waals surface area contributed by atoms with Crippen LogP contribution < -0.4 is 0 Å². The topological polar surface area (TPSA) is 118 Å². The van der Waals surface area contributed by atoms with Crippen molar-refractivity contribution in [1.29, 1.82) is 0 Å². The number of aromatic nitrogens is 11. The zero-order chi connectivity index (χ0) is 79.0. The number of benzene rings is 17. The van der Waals surface area contributed by atoms with Gasteiger partial charge >= 0.3 is 0 Å². The summed E-state index contributed by atoms with van der Waals surface area (Å²) in [6, 6.07) is 149. The van der Waals surface area contributed by atoms with Crippen molar-refractivity contribution in [2.24, 2.45) is 0 Å². The Labute approximate surface area is 686 Å². The van der Waals surface area contributed by atoms with Crippen LogP contribution in [0.25, 0.3) is 206 Å². The molecular weight excluding hydrogens is 1450 g/mol. The van der Waals surface area contributed by atoms with Gasteiger partial charge in [0.15, 0.2) is 40.8 Å². The molecule has 23 rings (SSSR count). The molecule has 0 aliphatic heterocycles. The van der Waals surface area contributed by atoms with Crippen LogP contribution in [0.4, 0.5) is 0 Å². The molecular formula is C108H71N11. The summed E-state index contributed by atoms with van der Waals surface area (Å²) in [6.45, 7) is 0. The molecule has 0 unspecified atom stereocenters. The summed E-state index contributed by atoms with van der Waals surface area (Å²) in [5, 5.41) is 12.5. The minimum absolute atomic E-state index is 0.650. The van der Waals surface area contributed by atoms with Gasteiger partial charge in [-0.05, 0) is 125 Å². The van der Waals surface area contributed by atoms with E-state index >= 15 is 0 Å². The first-order chi connectivity index (χ1) is 59.0. The number of hydrogen-bond acceptors (Lipinski definition) is 8. The molecule has 0 saturated heterocycles. The van der Waals surface area contributed by atoms with E-state index in [4.69, 9.17) is 39.9 Å². The number of para-hydroxylation sites is 4. The van der Waals surface area contributed by atoms with Crippen LogP contribution in [-0.2, 0) is 0 Å². The first kappa shape index (κ1) is 70.6. The minimum atomic E-state index is 0.650. The largest absolute Gasteiger partial charge is 0.309 e. The van der Waals surface area contributed by atoms with Crippen LogP contribution in [0.3, 0.4) is 0 Å². The summed E-state index contributed by atoms with van der Waals surface area (Å²) < 4.78 is 7.04. The quantitative estimate of drug-likeness (QED) is 0.119. The minimum Gasteiger partial charge on any atom is -0.309 e. The lowest BCUT2D eigenvalue weighted by molar-refractivity contribution is 1.07. The predicted octanol–water partition coefficient (Wildman–Crippen LogP) is 26.8. The Balaban J connectivity index is 0.000000111. The lowest BCUT2D eigenvalue weighted by Gasteiger charge is -2.12. The second-order valence-electron chi connectivity index (χ2n) is 29.3. The van der Waals surface area contributed by atoms with Gasteiger partial charge in [-0.2, -0.15) is 0 Å². The molecule has 119 heavy (non-hydrogen) atoms. The molecule has 0 atom stereocenters. The molecule has 558 valence electrons. The maximum absolute atomic E-state index is 5.01. The molecule has 0 saturated carbocycles. The first-order valence-electron chi connectivity index (χ1n) is 39.9. The summed E-state index contributed by atoms with van der Waals surface area (Å²) in [5.41, 5.74) is 21.2. The van der Waals surface area contributed by atoms with E-state index in [2.05, 4.69) is 287 Å². The SMILES string of the molecule is c1ccc(-c2cc(-c3ccccc3)nc(-c3ccc(-n4c5ccccc5c5ccc6ccccc6c54)cc3)n2)cc1.c1ccc(-c2nc(-c3ccccc3)nc(-c3ccc(-n4c5ccccc5c5c6ccccc6ccc54)cc3)n2)cc1.c1ccc(-c2nc(-c3ccccc3)nc(-c3ccc(-n4c5ccccc5c5ccccc54)cc3)n2)cc1. The Bertz CT molecular complexity index is 7440. The third-order valence-corrected chi connectivity index (χ3v) is 22.1. The van der Waals surface area contributed by atoms with E-state index in [-0.39, 0.29) is 0 Å². The standard InChI is InChI=1S/C38H25N3.C37H24N4.C33H22N4/c1-3-12-27(13-4-1)34-25-35(28-14-5-2-6-15-28)40-38(39-34)29-19-22-30(23-20-29)41-36-18-10-9-17-32(36)33-24-21-26-11-7-8-16-31(26)37(33)41;1-3-12-26(13-4-1)35-38-36(27-14-5-2-6-15-27)40-37(39-35)28-19-22-29(23-20-28)41-32-18-10-9-17-31(32)34-30-16-8-7-11-25(30)21-24-33(34)41;1-3-11-23(12-4-1)31-34-32(24-13-5-2-6-14-24)36-33(35-31)25-19-21-26(22-20-25)37-29-17-9-7-15-27(29)28-16-8-10-18-30(28)37/h1-25H;1-24H;1-22H. The third kappa shape index (κ3) is 13.5. The third-order valence-electron chi connectivity index (χ3n) is 22.1. The highest BCUT2D eigenvalue weighted by molar-refractivity contribution is 6.22. The molecule has 11 nitrogen and oxygen atoms in total. The van der Waals surface area contributed by atoms with Crippen molar-refractivity contribution in [2.45, 2.75) is 0 Å². The lowest BCUT2D eigenvalue weighted by atomic mass is 10.0. The van der Waals surface area contributed by atoms with Crippen molar-refractivity contribution >= 4 is 87.0 Å². The molecule has 0 radical (unpaired) electrons. The van der Waals surface area contributed by atoms with E-state index in [1.54, 1.807) is 0 Å². The van der Waals surface area contributed by atoms with Crippen LogP contribution in [-0.4, -0.2) is 53.6 Å². The Kier molecular flexibility index (Phi) is 18.4. The number of fused-ring (bicyclic) bond motifs is 13. The molecule has 6 heterocycles. The van der Waals surface area contributed by atoms with E-state index in [0.717, 1.165) is 78.5 Å². The zero-order valence-corrected chi connectivity index (χ0v) is 64.4. The highest BCUT2D eigenvalue weighted by Crippen LogP contribution is 2.41. The molecule has 0 aliphatic rings. The van der Waals surface area contributed by atoms with Crippen LogP contribution >= 0.6 is 0 Å². The van der Waals surface area contributed by atoms with Crippen LogP contribution in [0.5, 0.6) is 0 Å². The van der Waals surface area contributed by atoms with E-state index in [9.17, 15) is 0 Å². The number of hydrogen-bond donors (Lipinski definition) is 0. The summed E-state index contributed by atoms with van der Waals surface area (Å²) in [7, 11) is 0. The van der Waals surface area contributed by atoms with E-state index in [1.165, 1.54) is 87.0 Å². The van der Waals surface area contributed by atoms with Crippen LogP contribution in [0.15, 0.2) is 431 Å². The van der Waals surface area contributed by atoms with Crippen molar-refractivity contribution in [3.05, 3.63) is 431 Å². The fourth-order valence-corrected chi connectivity index (χ4v) is 16.5. The van der Waals surface area contributed by atoms with Gasteiger partial charge in [-0.1, -0.05) is 322 Å². The molecule has 11 heteroatoms. The van der Waals surface area contributed by atoms with Crippen LogP contribution in [0.1, 0.15) is 0 Å². The van der Waals surface area contributed by atoms with Crippen molar-refractivity contribution in [1.82, 2.24) is 53.6 Å². The fourth-order valence-electron chi connectivity index (χ4n) is 16.5. The molecule has 0 spiro atoms. The average molecular weight is 1520 g/mol. The van der Waals surface area contributed by atoms with Gasteiger partial charge in [0.25, 0.3) is 0 Å². The normalized spacial score (nSPS) is 11.4. The second kappa shape index (κ2) is 30.9. The second-order valence-corrected chi connectivity index (χ2v) is 29.3. The highest BCUT2D eigenvalue weighted by Gasteiger charge is 2.21. The first-order valence-corrected chi connectivity index (χ1v) is 39.9. The molecule has 6 aromatic heterocycles. The van der Waals surface area contributed by atoms with Crippen LogP contribution in [0.2, 0.25) is 0 Å². The van der Waals surface area contributed by atoms with Crippen molar-refractivity contribution < 1.29 is 0 Å².